The fourth-order valence-electron chi connectivity index (χ4n) is 3.12. The van der Waals surface area contributed by atoms with Crippen molar-refractivity contribution in [2.75, 3.05) is 10.6 Å². The lowest BCUT2D eigenvalue weighted by atomic mass is 10.0. The third-order valence-corrected chi connectivity index (χ3v) is 4.70. The molecule has 2 N–H and O–H groups in total. The van der Waals surface area contributed by atoms with Crippen LogP contribution in [0, 0.1) is 6.92 Å². The molecule has 0 saturated heterocycles. The first-order chi connectivity index (χ1) is 13.2. The van der Waals surface area contributed by atoms with Crippen LogP contribution in [0.4, 0.5) is 11.4 Å². The molecule has 0 unspecified atom stereocenters. The van der Waals surface area contributed by atoms with Gasteiger partial charge in [0.05, 0.1) is 18.4 Å². The van der Waals surface area contributed by atoms with E-state index in [1.54, 1.807) is 6.20 Å². The van der Waals surface area contributed by atoms with Gasteiger partial charge in [-0.2, -0.15) is 5.10 Å². The van der Waals surface area contributed by atoms with E-state index in [1.807, 2.05) is 42.1 Å². The van der Waals surface area contributed by atoms with Crippen molar-refractivity contribution >= 4 is 39.5 Å². The number of nitrogens with one attached hydrogen (secondary N) is 2. The van der Waals surface area contributed by atoms with Gasteiger partial charge in [-0.05, 0) is 47.1 Å². The van der Waals surface area contributed by atoms with Crippen molar-refractivity contribution in [2.24, 2.45) is 0 Å². The van der Waals surface area contributed by atoms with E-state index >= 15 is 0 Å². The van der Waals surface area contributed by atoms with Crippen LogP contribution in [0.25, 0.3) is 10.8 Å². The van der Waals surface area contributed by atoms with E-state index in [0.29, 0.717) is 11.7 Å². The molecule has 0 amide bonds. The molecule has 0 aliphatic heterocycles. The van der Waals surface area contributed by atoms with Crippen LogP contribution in [-0.4, -0.2) is 14.9 Å². The lowest BCUT2D eigenvalue weighted by Crippen LogP contribution is -2.19. The highest BCUT2D eigenvalue weighted by Gasteiger charge is 2.06. The number of rotatable bonds is 4. The number of aromatic nitrogens is 2. The van der Waals surface area contributed by atoms with Crippen molar-refractivity contribution in [3.05, 3.63) is 90.3 Å². The smallest absolute Gasteiger partial charge is 0.175 e. The summed E-state index contributed by atoms with van der Waals surface area (Å²) in [6.07, 6.45) is 3.75. The molecule has 4 rings (SSSR count). The van der Waals surface area contributed by atoms with Crippen molar-refractivity contribution in [3.8, 4) is 0 Å². The number of para-hydroxylation sites is 1. The molecule has 0 aliphatic carbocycles. The zero-order valence-corrected chi connectivity index (χ0v) is 15.8. The minimum absolute atomic E-state index is 0.550. The zero-order chi connectivity index (χ0) is 18.6. The van der Waals surface area contributed by atoms with E-state index in [2.05, 4.69) is 58.2 Å². The predicted molar refractivity (Wildman–Crippen MR) is 116 cm³/mol. The molecule has 1 heterocycles. The summed E-state index contributed by atoms with van der Waals surface area (Å²) in [6.45, 7) is 2.76. The number of aryl methyl sites for hydroxylation is 1. The van der Waals surface area contributed by atoms with Crippen LogP contribution in [-0.2, 0) is 6.54 Å². The molecule has 0 radical (unpaired) electrons. The van der Waals surface area contributed by atoms with E-state index in [0.717, 1.165) is 16.9 Å². The molecule has 134 valence electrons. The molecule has 4 nitrogen and oxygen atoms in total. The Bertz CT molecular complexity index is 1090. The number of anilines is 2. The van der Waals surface area contributed by atoms with Gasteiger partial charge in [0.15, 0.2) is 5.11 Å². The highest BCUT2D eigenvalue weighted by molar-refractivity contribution is 7.80. The Hall–Kier alpha value is -3.18. The summed E-state index contributed by atoms with van der Waals surface area (Å²) in [5.41, 5.74) is 4.25. The standard InChI is InChI=1S/C22H20N4S/c1-16-7-2-5-12-21(16)25-22(27)24-19-13-23-26(15-19)14-18-10-6-9-17-8-3-4-11-20(17)18/h2-13,15H,14H2,1H3,(H2,24,25,27). The fraction of sp³-hybridized carbons (Fsp3) is 0.0909. The maximum absolute atomic E-state index is 5.42. The average molecular weight is 372 g/mol. The van der Waals surface area contributed by atoms with Gasteiger partial charge in [-0.1, -0.05) is 60.7 Å². The number of fused-ring (bicyclic) bond motifs is 1. The Balaban J connectivity index is 1.45. The van der Waals surface area contributed by atoms with E-state index in [1.165, 1.54) is 16.3 Å². The second kappa shape index (κ2) is 7.60. The van der Waals surface area contributed by atoms with Gasteiger partial charge in [0.25, 0.3) is 0 Å². The molecule has 0 fully saturated rings. The normalized spacial score (nSPS) is 10.7. The Morgan fingerprint density at radius 1 is 0.963 bits per heavy atom. The quantitative estimate of drug-likeness (QED) is 0.483. The maximum Gasteiger partial charge on any atom is 0.175 e. The van der Waals surface area contributed by atoms with Gasteiger partial charge in [-0.15, -0.1) is 0 Å². The molecular formula is C22H20N4S. The number of thiocarbonyl (C=S) groups is 1. The molecule has 0 atom stereocenters. The molecular weight excluding hydrogens is 352 g/mol. The average Bonchev–Trinajstić information content (AvgIpc) is 3.11. The van der Waals surface area contributed by atoms with Crippen LogP contribution in [0.15, 0.2) is 79.1 Å². The minimum atomic E-state index is 0.550. The van der Waals surface area contributed by atoms with Crippen LogP contribution in [0.2, 0.25) is 0 Å². The lowest BCUT2D eigenvalue weighted by molar-refractivity contribution is 0.690. The number of benzene rings is 3. The van der Waals surface area contributed by atoms with Crippen molar-refractivity contribution in [2.45, 2.75) is 13.5 Å². The summed E-state index contributed by atoms with van der Waals surface area (Å²) >= 11 is 5.42. The Morgan fingerprint density at radius 2 is 1.74 bits per heavy atom. The lowest BCUT2D eigenvalue weighted by Gasteiger charge is -2.11. The molecule has 0 aliphatic rings. The van der Waals surface area contributed by atoms with E-state index < -0.39 is 0 Å². The van der Waals surface area contributed by atoms with Crippen LogP contribution < -0.4 is 10.6 Å². The highest BCUT2D eigenvalue weighted by Crippen LogP contribution is 2.20. The third kappa shape index (κ3) is 3.99. The molecule has 1 aromatic heterocycles. The SMILES string of the molecule is Cc1ccccc1NC(=S)Nc1cnn(Cc2cccc3ccccc23)c1. The summed E-state index contributed by atoms with van der Waals surface area (Å²) in [4.78, 5) is 0. The van der Waals surface area contributed by atoms with Gasteiger partial charge < -0.3 is 10.6 Å². The second-order valence-electron chi connectivity index (χ2n) is 6.46. The molecule has 0 saturated carbocycles. The van der Waals surface area contributed by atoms with Crippen molar-refractivity contribution in [3.63, 3.8) is 0 Å². The van der Waals surface area contributed by atoms with Gasteiger partial charge in [-0.25, -0.2) is 0 Å². The number of nitrogens with zero attached hydrogens (tertiary/aromatic N) is 2. The van der Waals surface area contributed by atoms with E-state index in [4.69, 9.17) is 12.2 Å². The number of hydrogen-bond acceptors (Lipinski definition) is 2. The van der Waals surface area contributed by atoms with Gasteiger partial charge in [0, 0.05) is 11.9 Å². The molecule has 5 heteroatoms. The predicted octanol–water partition coefficient (Wildman–Crippen LogP) is 5.20. The van der Waals surface area contributed by atoms with E-state index in [-0.39, 0.29) is 0 Å². The highest BCUT2D eigenvalue weighted by atomic mass is 32.1. The molecule has 0 bridgehead atoms. The summed E-state index contributed by atoms with van der Waals surface area (Å²) in [7, 11) is 0. The topological polar surface area (TPSA) is 41.9 Å². The van der Waals surface area contributed by atoms with Crippen molar-refractivity contribution in [1.82, 2.24) is 9.78 Å². The van der Waals surface area contributed by atoms with Gasteiger partial charge >= 0.3 is 0 Å². The maximum atomic E-state index is 5.42. The second-order valence-corrected chi connectivity index (χ2v) is 6.87. The zero-order valence-electron chi connectivity index (χ0n) is 15.0. The Kier molecular flexibility index (Phi) is 4.85. The first kappa shape index (κ1) is 17.2. The summed E-state index contributed by atoms with van der Waals surface area (Å²) in [5, 5.41) is 13.9. The molecule has 3 aromatic carbocycles. The Labute approximate surface area is 163 Å². The summed E-state index contributed by atoms with van der Waals surface area (Å²) in [6, 6.07) is 22.8. The van der Waals surface area contributed by atoms with Gasteiger partial charge in [0.2, 0.25) is 0 Å². The molecule has 4 aromatic rings. The molecule has 0 spiro atoms. The van der Waals surface area contributed by atoms with Crippen molar-refractivity contribution in [1.29, 1.82) is 0 Å². The van der Waals surface area contributed by atoms with Crippen LogP contribution in [0.1, 0.15) is 11.1 Å². The van der Waals surface area contributed by atoms with Gasteiger partial charge in [-0.3, -0.25) is 4.68 Å². The van der Waals surface area contributed by atoms with Crippen molar-refractivity contribution < 1.29 is 0 Å². The van der Waals surface area contributed by atoms with Gasteiger partial charge in [0.1, 0.15) is 0 Å². The van der Waals surface area contributed by atoms with E-state index in [9.17, 15) is 0 Å². The number of hydrogen-bond donors (Lipinski definition) is 2. The van der Waals surface area contributed by atoms with Crippen LogP contribution in [0.5, 0.6) is 0 Å². The van der Waals surface area contributed by atoms with Crippen LogP contribution >= 0.6 is 12.2 Å². The first-order valence-electron chi connectivity index (χ1n) is 8.82. The molecule has 27 heavy (non-hydrogen) atoms. The summed E-state index contributed by atoms with van der Waals surface area (Å²) in [5.74, 6) is 0. The minimum Gasteiger partial charge on any atom is -0.332 e. The summed E-state index contributed by atoms with van der Waals surface area (Å²) < 4.78 is 1.92. The fourth-order valence-corrected chi connectivity index (χ4v) is 3.35. The Morgan fingerprint density at radius 3 is 2.63 bits per heavy atom. The first-order valence-corrected chi connectivity index (χ1v) is 9.22. The monoisotopic (exact) mass is 372 g/mol. The largest absolute Gasteiger partial charge is 0.332 e. The van der Waals surface area contributed by atoms with Crippen LogP contribution in [0.3, 0.4) is 0 Å². The third-order valence-electron chi connectivity index (χ3n) is 4.50.